The molecule has 154 valence electrons. The zero-order chi connectivity index (χ0) is 21.1. The number of aryl methyl sites for hydroxylation is 1. The number of aromatic nitrogens is 2. The molecule has 1 N–H and O–H groups in total. The Labute approximate surface area is 175 Å². The van der Waals surface area contributed by atoms with E-state index in [9.17, 15) is 9.59 Å². The quantitative estimate of drug-likeness (QED) is 0.709. The third kappa shape index (κ3) is 4.40. The number of nitrogens with one attached hydrogen (secondary N) is 1. The smallest absolute Gasteiger partial charge is 0.253 e. The monoisotopic (exact) mass is 404 g/mol. The molecule has 1 atom stereocenters. The van der Waals surface area contributed by atoms with Crippen LogP contribution in [0.25, 0.3) is 11.4 Å². The molecule has 1 aliphatic heterocycles. The summed E-state index contributed by atoms with van der Waals surface area (Å²) in [6, 6.07) is 14.9. The molecule has 0 spiro atoms. The molecule has 1 saturated heterocycles. The molecular formula is C23H24N4O3. The minimum Gasteiger partial charge on any atom is -0.339 e. The summed E-state index contributed by atoms with van der Waals surface area (Å²) in [6.45, 7) is 4.77. The third-order valence-corrected chi connectivity index (χ3v) is 5.26. The lowest BCUT2D eigenvalue weighted by molar-refractivity contribution is -0.114. The van der Waals surface area contributed by atoms with Gasteiger partial charge in [-0.05, 0) is 56.2 Å². The molecule has 0 aliphatic carbocycles. The Morgan fingerprint density at radius 1 is 1.10 bits per heavy atom. The standard InChI is InChI=1S/C23H24N4O3/c1-15-5-7-18(8-6-15)23(29)27-13-3-4-19(14-27)22-25-21(26-30-22)17-9-11-20(12-10-17)24-16(2)28/h5-12,19H,3-4,13-14H2,1-2H3,(H,24,28)/t19-/m0/s1. The second-order valence-corrected chi connectivity index (χ2v) is 7.67. The molecule has 4 rings (SSSR count). The van der Waals surface area contributed by atoms with Crippen LogP contribution < -0.4 is 5.32 Å². The fourth-order valence-corrected chi connectivity index (χ4v) is 3.67. The number of hydrogen-bond donors (Lipinski definition) is 1. The molecule has 1 aromatic heterocycles. The number of carbonyl (C=O) groups is 2. The predicted molar refractivity (Wildman–Crippen MR) is 113 cm³/mol. The maximum absolute atomic E-state index is 12.9. The number of benzene rings is 2. The van der Waals surface area contributed by atoms with E-state index < -0.39 is 0 Å². The molecule has 0 bridgehead atoms. The Morgan fingerprint density at radius 2 is 1.83 bits per heavy atom. The summed E-state index contributed by atoms with van der Waals surface area (Å²) in [7, 11) is 0. The lowest BCUT2D eigenvalue weighted by Crippen LogP contribution is -2.39. The molecule has 30 heavy (non-hydrogen) atoms. The summed E-state index contributed by atoms with van der Waals surface area (Å²) < 4.78 is 5.53. The van der Waals surface area contributed by atoms with Crippen LogP contribution in [0, 0.1) is 6.92 Å². The van der Waals surface area contributed by atoms with Gasteiger partial charge in [0, 0.05) is 36.8 Å². The van der Waals surface area contributed by atoms with E-state index >= 15 is 0 Å². The van der Waals surface area contributed by atoms with Gasteiger partial charge in [-0.15, -0.1) is 0 Å². The second-order valence-electron chi connectivity index (χ2n) is 7.67. The van der Waals surface area contributed by atoms with Crippen molar-refractivity contribution in [3.05, 3.63) is 65.5 Å². The highest BCUT2D eigenvalue weighted by Crippen LogP contribution is 2.28. The number of amides is 2. The molecule has 0 unspecified atom stereocenters. The maximum atomic E-state index is 12.9. The first-order valence-electron chi connectivity index (χ1n) is 10.1. The van der Waals surface area contributed by atoms with Crippen LogP contribution in [0.4, 0.5) is 5.69 Å². The minimum atomic E-state index is -0.119. The topological polar surface area (TPSA) is 88.3 Å². The van der Waals surface area contributed by atoms with Crippen LogP contribution in [0.3, 0.4) is 0 Å². The third-order valence-electron chi connectivity index (χ3n) is 5.26. The van der Waals surface area contributed by atoms with Crippen LogP contribution in [-0.2, 0) is 4.79 Å². The molecule has 2 amide bonds. The van der Waals surface area contributed by atoms with Gasteiger partial charge in [-0.2, -0.15) is 4.98 Å². The highest BCUT2D eigenvalue weighted by atomic mass is 16.5. The normalized spacial score (nSPS) is 16.3. The molecule has 0 saturated carbocycles. The fraction of sp³-hybridized carbons (Fsp3) is 0.304. The average molecular weight is 404 g/mol. The number of piperidine rings is 1. The fourth-order valence-electron chi connectivity index (χ4n) is 3.67. The molecule has 7 heteroatoms. The largest absolute Gasteiger partial charge is 0.339 e. The SMILES string of the molecule is CC(=O)Nc1ccc(-c2noc([C@H]3CCCN(C(=O)c4ccc(C)cc4)C3)n2)cc1. The van der Waals surface area contributed by atoms with Crippen molar-refractivity contribution < 1.29 is 14.1 Å². The van der Waals surface area contributed by atoms with Crippen LogP contribution in [0.5, 0.6) is 0 Å². The Kier molecular flexibility index (Phi) is 5.61. The Balaban J connectivity index is 1.45. The Bertz CT molecular complexity index is 1040. The zero-order valence-corrected chi connectivity index (χ0v) is 17.1. The zero-order valence-electron chi connectivity index (χ0n) is 17.1. The van der Waals surface area contributed by atoms with Crippen molar-refractivity contribution in [3.8, 4) is 11.4 Å². The highest BCUT2D eigenvalue weighted by Gasteiger charge is 2.29. The van der Waals surface area contributed by atoms with Crippen molar-refractivity contribution in [2.45, 2.75) is 32.6 Å². The van der Waals surface area contributed by atoms with Crippen molar-refractivity contribution in [2.24, 2.45) is 0 Å². The summed E-state index contributed by atoms with van der Waals surface area (Å²) in [6.07, 6.45) is 1.80. The predicted octanol–water partition coefficient (Wildman–Crippen LogP) is 4.02. The number of anilines is 1. The highest BCUT2D eigenvalue weighted by molar-refractivity contribution is 5.94. The van der Waals surface area contributed by atoms with Crippen molar-refractivity contribution in [3.63, 3.8) is 0 Å². The Morgan fingerprint density at radius 3 is 2.53 bits per heavy atom. The van der Waals surface area contributed by atoms with E-state index in [4.69, 9.17) is 4.52 Å². The first kappa shape index (κ1) is 19.8. The summed E-state index contributed by atoms with van der Waals surface area (Å²) >= 11 is 0. The van der Waals surface area contributed by atoms with Gasteiger partial charge in [0.15, 0.2) is 0 Å². The van der Waals surface area contributed by atoms with Gasteiger partial charge in [-0.25, -0.2) is 0 Å². The minimum absolute atomic E-state index is 0.0213. The van der Waals surface area contributed by atoms with Gasteiger partial charge in [0.1, 0.15) is 0 Å². The van der Waals surface area contributed by atoms with Crippen molar-refractivity contribution in [1.82, 2.24) is 15.0 Å². The molecular weight excluding hydrogens is 380 g/mol. The molecule has 7 nitrogen and oxygen atoms in total. The van der Waals surface area contributed by atoms with E-state index in [1.54, 1.807) is 12.1 Å². The molecule has 2 heterocycles. The first-order chi connectivity index (χ1) is 14.5. The van der Waals surface area contributed by atoms with Gasteiger partial charge in [0.05, 0.1) is 5.92 Å². The van der Waals surface area contributed by atoms with E-state index in [0.29, 0.717) is 29.5 Å². The van der Waals surface area contributed by atoms with E-state index in [1.807, 2.05) is 48.2 Å². The maximum Gasteiger partial charge on any atom is 0.253 e. The van der Waals surface area contributed by atoms with E-state index in [2.05, 4.69) is 15.5 Å². The van der Waals surface area contributed by atoms with Crippen LogP contribution in [0.2, 0.25) is 0 Å². The van der Waals surface area contributed by atoms with Gasteiger partial charge >= 0.3 is 0 Å². The molecule has 0 radical (unpaired) electrons. The Hall–Kier alpha value is -3.48. The van der Waals surface area contributed by atoms with Crippen LogP contribution in [-0.4, -0.2) is 39.9 Å². The number of nitrogens with zero attached hydrogens (tertiary/aromatic N) is 3. The van der Waals surface area contributed by atoms with Gasteiger partial charge < -0.3 is 14.7 Å². The van der Waals surface area contributed by atoms with Crippen LogP contribution >= 0.6 is 0 Å². The number of rotatable bonds is 4. The number of likely N-dealkylation sites (tertiary alicyclic amines) is 1. The van der Waals surface area contributed by atoms with Crippen LogP contribution in [0.15, 0.2) is 53.1 Å². The molecule has 2 aromatic carbocycles. The van der Waals surface area contributed by atoms with Gasteiger partial charge in [-0.1, -0.05) is 22.9 Å². The summed E-state index contributed by atoms with van der Waals surface area (Å²) in [4.78, 5) is 30.4. The van der Waals surface area contributed by atoms with Gasteiger partial charge in [0.25, 0.3) is 5.91 Å². The average Bonchev–Trinajstić information content (AvgIpc) is 3.24. The van der Waals surface area contributed by atoms with Crippen molar-refractivity contribution >= 4 is 17.5 Å². The summed E-state index contributed by atoms with van der Waals surface area (Å²) in [5, 5.41) is 6.84. The first-order valence-corrected chi connectivity index (χ1v) is 10.1. The van der Waals surface area contributed by atoms with Crippen molar-refractivity contribution in [2.75, 3.05) is 18.4 Å². The lowest BCUT2D eigenvalue weighted by atomic mass is 9.97. The number of carbonyl (C=O) groups excluding carboxylic acids is 2. The summed E-state index contributed by atoms with van der Waals surface area (Å²) in [5.41, 5.74) is 3.35. The lowest BCUT2D eigenvalue weighted by Gasteiger charge is -2.31. The van der Waals surface area contributed by atoms with E-state index in [1.165, 1.54) is 6.92 Å². The van der Waals surface area contributed by atoms with Gasteiger partial charge in [-0.3, -0.25) is 9.59 Å². The van der Waals surface area contributed by atoms with Crippen LogP contribution in [0.1, 0.15) is 47.5 Å². The number of hydrogen-bond acceptors (Lipinski definition) is 5. The second kappa shape index (κ2) is 8.49. The van der Waals surface area contributed by atoms with Crippen molar-refractivity contribution in [1.29, 1.82) is 0 Å². The molecule has 3 aromatic rings. The van der Waals surface area contributed by atoms with E-state index in [-0.39, 0.29) is 17.7 Å². The van der Waals surface area contributed by atoms with E-state index in [0.717, 1.165) is 30.5 Å². The molecule has 1 aliphatic rings. The summed E-state index contributed by atoms with van der Waals surface area (Å²) in [5.74, 6) is 0.992. The molecule has 1 fully saturated rings. The van der Waals surface area contributed by atoms with Gasteiger partial charge in [0.2, 0.25) is 17.6 Å².